The van der Waals surface area contributed by atoms with Gasteiger partial charge in [0.2, 0.25) is 0 Å². The zero-order valence-corrected chi connectivity index (χ0v) is 18.7. The fourth-order valence-electron chi connectivity index (χ4n) is 2.85. The Bertz CT molecular complexity index is 1150. The summed E-state index contributed by atoms with van der Waals surface area (Å²) in [6.45, 7) is 3.59. The van der Waals surface area contributed by atoms with Gasteiger partial charge >= 0.3 is 0 Å². The second kappa shape index (κ2) is 9.85. The molecule has 0 aromatic heterocycles. The number of rotatable bonds is 8. The van der Waals surface area contributed by atoms with Gasteiger partial charge in [0.1, 0.15) is 5.75 Å². The van der Waals surface area contributed by atoms with E-state index in [1.54, 1.807) is 37.3 Å². The van der Waals surface area contributed by atoms with Crippen LogP contribution in [0.4, 0.5) is 11.4 Å². The number of para-hydroxylation sites is 1. The van der Waals surface area contributed by atoms with Crippen LogP contribution < -0.4 is 14.8 Å². The van der Waals surface area contributed by atoms with E-state index < -0.39 is 16.1 Å². The molecule has 2 N–H and O–H groups in total. The van der Waals surface area contributed by atoms with E-state index in [2.05, 4.69) is 10.0 Å². The van der Waals surface area contributed by atoms with Crippen molar-refractivity contribution in [2.75, 3.05) is 10.0 Å². The first-order valence-corrected chi connectivity index (χ1v) is 11.6. The Hall–Kier alpha value is -3.03. The molecular formula is C23H23ClN2O4S. The van der Waals surface area contributed by atoms with Gasteiger partial charge in [-0.3, -0.25) is 9.52 Å². The smallest absolute Gasteiger partial charge is 0.265 e. The maximum atomic E-state index is 12.7. The second-order valence-corrected chi connectivity index (χ2v) is 8.95. The molecule has 162 valence electrons. The predicted molar refractivity (Wildman–Crippen MR) is 123 cm³/mol. The van der Waals surface area contributed by atoms with E-state index in [9.17, 15) is 13.2 Å². The number of nitrogens with one attached hydrogen (secondary N) is 2. The average Bonchev–Trinajstić information content (AvgIpc) is 2.76. The summed E-state index contributed by atoms with van der Waals surface area (Å²) < 4.78 is 33.7. The highest BCUT2D eigenvalue weighted by molar-refractivity contribution is 7.92. The van der Waals surface area contributed by atoms with Crippen molar-refractivity contribution >= 4 is 38.9 Å². The Balaban J connectivity index is 1.69. The van der Waals surface area contributed by atoms with Crippen LogP contribution in [0.2, 0.25) is 5.02 Å². The average molecular weight is 459 g/mol. The number of amides is 1. The number of hydrogen-bond donors (Lipinski definition) is 2. The highest BCUT2D eigenvalue weighted by atomic mass is 35.5. The molecule has 0 aliphatic heterocycles. The summed E-state index contributed by atoms with van der Waals surface area (Å²) in [5.74, 6) is 0.294. The van der Waals surface area contributed by atoms with Crippen LogP contribution in [0.1, 0.15) is 18.9 Å². The Morgan fingerprint density at radius 1 is 1.00 bits per heavy atom. The maximum Gasteiger partial charge on any atom is 0.265 e. The van der Waals surface area contributed by atoms with Crippen LogP contribution in [0.3, 0.4) is 0 Å². The quantitative estimate of drug-likeness (QED) is 0.483. The van der Waals surface area contributed by atoms with Crippen molar-refractivity contribution in [1.82, 2.24) is 0 Å². The molecule has 6 nitrogen and oxygen atoms in total. The summed E-state index contributed by atoms with van der Waals surface area (Å²) in [4.78, 5) is 12.6. The summed E-state index contributed by atoms with van der Waals surface area (Å²) in [5.41, 5.74) is 1.52. The lowest BCUT2D eigenvalue weighted by molar-refractivity contribution is -0.122. The molecule has 31 heavy (non-hydrogen) atoms. The number of sulfonamides is 1. The summed E-state index contributed by atoms with van der Waals surface area (Å²) in [6, 6.07) is 20.0. The lowest BCUT2D eigenvalue weighted by Crippen LogP contribution is -2.32. The van der Waals surface area contributed by atoms with Gasteiger partial charge < -0.3 is 10.1 Å². The van der Waals surface area contributed by atoms with Gasteiger partial charge in [0, 0.05) is 10.7 Å². The highest BCUT2D eigenvalue weighted by Crippen LogP contribution is 2.26. The topological polar surface area (TPSA) is 84.5 Å². The van der Waals surface area contributed by atoms with Crippen LogP contribution in [-0.2, 0) is 14.8 Å². The van der Waals surface area contributed by atoms with E-state index in [1.165, 1.54) is 24.3 Å². The van der Waals surface area contributed by atoms with Crippen LogP contribution in [0.15, 0.2) is 77.7 Å². The zero-order valence-electron chi connectivity index (χ0n) is 17.1. The summed E-state index contributed by atoms with van der Waals surface area (Å²) in [6.07, 6.45) is -0.186. The third-order valence-corrected chi connectivity index (χ3v) is 6.42. The number of ether oxygens (including phenoxy) is 1. The first-order chi connectivity index (χ1) is 14.8. The van der Waals surface area contributed by atoms with E-state index in [0.717, 1.165) is 0 Å². The van der Waals surface area contributed by atoms with E-state index in [0.29, 0.717) is 34.1 Å². The third kappa shape index (κ3) is 5.77. The molecule has 0 heterocycles. The minimum atomic E-state index is -3.81. The lowest BCUT2D eigenvalue weighted by atomic mass is 10.2. The van der Waals surface area contributed by atoms with Gasteiger partial charge in [-0.15, -0.1) is 0 Å². The molecule has 3 aromatic rings. The molecule has 8 heteroatoms. The molecule has 1 atom stereocenters. The van der Waals surface area contributed by atoms with Gasteiger partial charge in [-0.1, -0.05) is 42.8 Å². The Morgan fingerprint density at radius 3 is 2.32 bits per heavy atom. The molecule has 3 aromatic carbocycles. The van der Waals surface area contributed by atoms with Crippen LogP contribution in [0.5, 0.6) is 5.75 Å². The van der Waals surface area contributed by atoms with E-state index in [-0.39, 0.29) is 10.8 Å². The molecule has 0 unspecified atom stereocenters. The van der Waals surface area contributed by atoms with Crippen molar-refractivity contribution in [3.05, 3.63) is 83.4 Å². The van der Waals surface area contributed by atoms with E-state index in [1.807, 2.05) is 25.1 Å². The standard InChI is InChI=1S/C23H23ClN2O4S/c1-3-22(30-18-8-5-4-6-9-18)23(27)25-17-12-14-19(15-13-17)31(28,29)26-21-11-7-10-20(24)16(21)2/h4-15,22,26H,3H2,1-2H3,(H,25,27)/t22-/m0/s1. The van der Waals surface area contributed by atoms with Gasteiger partial charge in [-0.05, 0) is 67.4 Å². The molecule has 0 radical (unpaired) electrons. The normalized spacial score (nSPS) is 12.1. The Labute approximate surface area is 187 Å². The fraction of sp³-hybridized carbons (Fsp3) is 0.174. The van der Waals surface area contributed by atoms with Crippen LogP contribution in [0.25, 0.3) is 0 Å². The van der Waals surface area contributed by atoms with Crippen LogP contribution in [0, 0.1) is 6.92 Å². The first-order valence-electron chi connectivity index (χ1n) is 9.70. The van der Waals surface area contributed by atoms with Crippen LogP contribution in [-0.4, -0.2) is 20.4 Å². The van der Waals surface area contributed by atoms with Gasteiger partial charge in [-0.25, -0.2) is 8.42 Å². The maximum absolute atomic E-state index is 12.7. The summed E-state index contributed by atoms with van der Waals surface area (Å²) >= 11 is 6.06. The van der Waals surface area contributed by atoms with Crippen molar-refractivity contribution in [2.24, 2.45) is 0 Å². The molecule has 0 aliphatic carbocycles. The fourth-order valence-corrected chi connectivity index (χ4v) is 4.14. The lowest BCUT2D eigenvalue weighted by Gasteiger charge is -2.17. The highest BCUT2D eigenvalue weighted by Gasteiger charge is 2.20. The number of carbonyl (C=O) groups excluding carboxylic acids is 1. The van der Waals surface area contributed by atoms with Crippen molar-refractivity contribution < 1.29 is 17.9 Å². The molecule has 3 rings (SSSR count). The molecule has 1 amide bonds. The molecular weight excluding hydrogens is 436 g/mol. The molecule has 0 aliphatic rings. The molecule has 0 fully saturated rings. The van der Waals surface area contributed by atoms with Crippen LogP contribution >= 0.6 is 11.6 Å². The summed E-state index contributed by atoms with van der Waals surface area (Å²) in [5, 5.41) is 3.24. The Morgan fingerprint density at radius 2 is 1.68 bits per heavy atom. The molecule has 0 saturated carbocycles. The van der Waals surface area contributed by atoms with E-state index in [4.69, 9.17) is 16.3 Å². The molecule has 0 saturated heterocycles. The predicted octanol–water partition coefficient (Wildman–Crippen LogP) is 5.25. The van der Waals surface area contributed by atoms with Crippen molar-refractivity contribution in [3.63, 3.8) is 0 Å². The number of carbonyl (C=O) groups is 1. The minimum absolute atomic E-state index is 0.0671. The van der Waals surface area contributed by atoms with Crippen molar-refractivity contribution in [2.45, 2.75) is 31.3 Å². The first kappa shape index (κ1) is 22.7. The zero-order chi connectivity index (χ0) is 22.4. The molecule has 0 spiro atoms. The van der Waals surface area contributed by atoms with E-state index >= 15 is 0 Å². The van der Waals surface area contributed by atoms with Gasteiger partial charge in [0.05, 0.1) is 10.6 Å². The Kier molecular flexibility index (Phi) is 7.20. The second-order valence-electron chi connectivity index (χ2n) is 6.86. The van der Waals surface area contributed by atoms with Crippen molar-refractivity contribution in [1.29, 1.82) is 0 Å². The third-order valence-electron chi connectivity index (χ3n) is 4.63. The monoisotopic (exact) mass is 458 g/mol. The summed E-state index contributed by atoms with van der Waals surface area (Å²) in [7, 11) is -3.81. The van der Waals surface area contributed by atoms with Gasteiger partial charge in [0.15, 0.2) is 6.10 Å². The number of hydrogen-bond acceptors (Lipinski definition) is 4. The number of anilines is 2. The van der Waals surface area contributed by atoms with Crippen molar-refractivity contribution in [3.8, 4) is 5.75 Å². The minimum Gasteiger partial charge on any atom is -0.481 e. The number of benzene rings is 3. The number of halogens is 1. The van der Waals surface area contributed by atoms with Gasteiger partial charge in [0.25, 0.3) is 15.9 Å². The largest absolute Gasteiger partial charge is 0.481 e. The van der Waals surface area contributed by atoms with Gasteiger partial charge in [-0.2, -0.15) is 0 Å². The SMILES string of the molecule is CC[C@H](Oc1ccccc1)C(=O)Nc1ccc(S(=O)(=O)Nc2cccc(Cl)c2C)cc1. The molecule has 0 bridgehead atoms.